The molecule has 1 N–H and O–H groups in total. The summed E-state index contributed by atoms with van der Waals surface area (Å²) in [7, 11) is -3.11. The minimum absolute atomic E-state index is 0.00715. The Balaban J connectivity index is 1.85. The molecule has 2 saturated heterocycles. The van der Waals surface area contributed by atoms with Gasteiger partial charge in [-0.3, -0.25) is 5.32 Å². The number of thioether (sulfide) groups is 1. The lowest BCUT2D eigenvalue weighted by molar-refractivity contribution is -0.238. The molecule has 3 fully saturated rings. The molecule has 23 heavy (non-hydrogen) atoms. The summed E-state index contributed by atoms with van der Waals surface area (Å²) in [6, 6.07) is 0. The van der Waals surface area contributed by atoms with Crippen LogP contribution in [0.2, 0.25) is 0 Å². The second kappa shape index (κ2) is 6.10. The molecule has 0 aromatic rings. The quantitative estimate of drug-likeness (QED) is 0.718. The maximum atomic E-state index is 13.5. The van der Waals surface area contributed by atoms with Crippen molar-refractivity contribution in [3.63, 3.8) is 0 Å². The molecular weight excluding hydrogens is 329 g/mol. The average molecular weight is 361 g/mol. The minimum Gasteiger partial charge on any atom is -0.630 e. The first kappa shape index (κ1) is 18.4. The van der Waals surface area contributed by atoms with Crippen LogP contribution in [0, 0.1) is 10.8 Å². The predicted molar refractivity (Wildman–Crippen MR) is 96.2 cm³/mol. The molecule has 0 amide bonds. The van der Waals surface area contributed by atoms with Gasteiger partial charge >= 0.3 is 0 Å². The number of hydrogen-bond acceptors (Lipinski definition) is 5. The molecule has 134 valence electrons. The average Bonchev–Trinajstić information content (AvgIpc) is 2.83. The molecule has 2 atom stereocenters. The van der Waals surface area contributed by atoms with E-state index in [-0.39, 0.29) is 21.4 Å². The van der Waals surface area contributed by atoms with Crippen molar-refractivity contribution in [3.05, 3.63) is 0 Å². The first-order valence-electron chi connectivity index (χ1n) is 8.89. The van der Waals surface area contributed by atoms with Crippen molar-refractivity contribution in [2.24, 2.45) is 10.8 Å². The molecule has 1 aliphatic carbocycles. The van der Waals surface area contributed by atoms with E-state index >= 15 is 0 Å². The Morgan fingerprint density at radius 3 is 2.17 bits per heavy atom. The van der Waals surface area contributed by atoms with E-state index in [1.165, 1.54) is 19.3 Å². The van der Waals surface area contributed by atoms with Gasteiger partial charge < -0.3 is 4.89 Å². The Morgan fingerprint density at radius 1 is 1.09 bits per heavy atom. The van der Waals surface area contributed by atoms with E-state index in [1.54, 1.807) is 0 Å². The third kappa shape index (κ3) is 3.61. The Bertz CT molecular complexity index is 436. The second-order valence-electron chi connectivity index (χ2n) is 9.31. The predicted octanol–water partition coefficient (Wildman–Crippen LogP) is 3.92. The smallest absolute Gasteiger partial charge is 0.256 e. The van der Waals surface area contributed by atoms with Gasteiger partial charge in [0.05, 0.1) is 10.1 Å². The van der Waals surface area contributed by atoms with Crippen LogP contribution in [0.15, 0.2) is 0 Å². The lowest BCUT2D eigenvalue weighted by Gasteiger charge is -2.46. The van der Waals surface area contributed by atoms with Gasteiger partial charge in [-0.05, 0) is 18.3 Å². The fraction of sp³-hybridized carbons (Fsp3) is 1.00. The molecule has 1 saturated carbocycles. The van der Waals surface area contributed by atoms with Gasteiger partial charge in [0.25, 0.3) is 7.94 Å². The van der Waals surface area contributed by atoms with Gasteiger partial charge in [0.15, 0.2) is 5.78 Å². The van der Waals surface area contributed by atoms with E-state index in [0.717, 1.165) is 12.8 Å². The molecule has 0 bridgehead atoms. The SMILES string of the molecule is CC1(C)CO[P+]([O-])([C@@H]2N[C@@H](C(C)(C)C)SC23CCCCC3)OC1. The Kier molecular flexibility index (Phi) is 4.89. The van der Waals surface area contributed by atoms with Crippen LogP contribution in [0.5, 0.6) is 0 Å². The van der Waals surface area contributed by atoms with Crippen molar-refractivity contribution in [2.75, 3.05) is 13.2 Å². The van der Waals surface area contributed by atoms with Crippen LogP contribution < -0.4 is 10.2 Å². The van der Waals surface area contributed by atoms with Crippen molar-refractivity contribution in [1.82, 2.24) is 5.32 Å². The monoisotopic (exact) mass is 361 g/mol. The third-order valence-electron chi connectivity index (χ3n) is 5.23. The van der Waals surface area contributed by atoms with Crippen LogP contribution in [-0.2, 0) is 9.05 Å². The summed E-state index contributed by atoms with van der Waals surface area (Å²) in [4.78, 5) is 13.5. The highest BCUT2D eigenvalue weighted by Gasteiger charge is 2.63. The fourth-order valence-electron chi connectivity index (χ4n) is 3.73. The molecule has 6 heteroatoms. The van der Waals surface area contributed by atoms with Gasteiger partial charge in [0.2, 0.25) is 0 Å². The van der Waals surface area contributed by atoms with Crippen molar-refractivity contribution in [2.45, 2.75) is 82.6 Å². The van der Waals surface area contributed by atoms with E-state index in [2.05, 4.69) is 39.9 Å². The first-order valence-corrected chi connectivity index (χ1v) is 11.4. The highest BCUT2D eigenvalue weighted by Crippen LogP contribution is 2.69. The summed E-state index contributed by atoms with van der Waals surface area (Å²) in [5.41, 5.74) is 0.0703. The maximum absolute atomic E-state index is 13.5. The molecule has 0 unspecified atom stereocenters. The molecule has 3 aliphatic rings. The first-order chi connectivity index (χ1) is 10.6. The molecule has 3 rings (SSSR count). The summed E-state index contributed by atoms with van der Waals surface area (Å²) in [6.45, 7) is 12.0. The fourth-order valence-corrected chi connectivity index (χ4v) is 8.75. The zero-order chi connectivity index (χ0) is 16.9. The molecule has 1 spiro atoms. The summed E-state index contributed by atoms with van der Waals surface area (Å²) in [5, 5.41) is 3.97. The van der Waals surface area contributed by atoms with E-state index in [0.29, 0.717) is 18.6 Å². The maximum Gasteiger partial charge on any atom is 0.256 e. The summed E-state index contributed by atoms with van der Waals surface area (Å²) in [5.74, 6) is -0.166. The molecule has 2 aliphatic heterocycles. The van der Waals surface area contributed by atoms with Crippen LogP contribution in [0.25, 0.3) is 0 Å². The highest BCUT2D eigenvalue weighted by molar-refractivity contribution is 8.02. The Labute approximate surface area is 146 Å². The minimum atomic E-state index is -3.11. The van der Waals surface area contributed by atoms with Crippen LogP contribution in [0.3, 0.4) is 0 Å². The van der Waals surface area contributed by atoms with Crippen LogP contribution in [0.1, 0.15) is 66.7 Å². The Morgan fingerprint density at radius 2 is 1.65 bits per heavy atom. The molecule has 2 heterocycles. The topological polar surface area (TPSA) is 53.5 Å². The van der Waals surface area contributed by atoms with Crippen molar-refractivity contribution < 1.29 is 13.9 Å². The second-order valence-corrected chi connectivity index (χ2v) is 12.9. The van der Waals surface area contributed by atoms with Crippen LogP contribution in [-0.4, -0.2) is 29.1 Å². The van der Waals surface area contributed by atoms with Crippen molar-refractivity contribution >= 4 is 19.7 Å². The van der Waals surface area contributed by atoms with Crippen molar-refractivity contribution in [1.29, 1.82) is 0 Å². The van der Waals surface area contributed by atoms with Gasteiger partial charge in [-0.25, -0.2) is 9.05 Å². The number of nitrogens with one attached hydrogen (secondary N) is 1. The van der Waals surface area contributed by atoms with E-state index in [4.69, 9.17) is 9.05 Å². The largest absolute Gasteiger partial charge is 0.630 e. The van der Waals surface area contributed by atoms with Crippen LogP contribution >= 0.6 is 19.7 Å². The normalized spacial score (nSPS) is 36.3. The summed E-state index contributed by atoms with van der Waals surface area (Å²) >= 11 is 2.00. The summed E-state index contributed by atoms with van der Waals surface area (Å²) < 4.78 is 11.8. The zero-order valence-electron chi connectivity index (χ0n) is 15.2. The van der Waals surface area contributed by atoms with E-state index in [1.807, 2.05) is 11.8 Å². The highest BCUT2D eigenvalue weighted by atomic mass is 32.2. The van der Waals surface area contributed by atoms with Gasteiger partial charge in [-0.2, -0.15) is 0 Å². The molecular formula is C17H32NO3PS. The lowest BCUT2D eigenvalue weighted by Crippen LogP contribution is -2.52. The van der Waals surface area contributed by atoms with Gasteiger partial charge in [-0.1, -0.05) is 53.9 Å². The van der Waals surface area contributed by atoms with Gasteiger partial charge in [0, 0.05) is 5.41 Å². The summed E-state index contributed by atoms with van der Waals surface area (Å²) in [6.07, 6.45) is 5.94. The lowest BCUT2D eigenvalue weighted by atomic mass is 9.88. The van der Waals surface area contributed by atoms with Crippen LogP contribution in [0.4, 0.5) is 0 Å². The molecule has 0 radical (unpaired) electrons. The van der Waals surface area contributed by atoms with Gasteiger partial charge in [-0.15, -0.1) is 11.8 Å². The standard InChI is InChI=1S/C17H32NO3PS/c1-15(2,3)14-18-13(17(23-14)9-7-6-8-10-17)22(19)20-11-16(4,5)12-21-22/h13-14,18H,6-12H2,1-5H3/t13-,14+/m0/s1. The number of hydrogen-bond donors (Lipinski definition) is 1. The Hall–Kier alpha value is 0.620. The molecule has 0 aromatic heterocycles. The molecule has 4 nitrogen and oxygen atoms in total. The third-order valence-corrected chi connectivity index (χ3v) is 9.85. The molecule has 0 aromatic carbocycles. The van der Waals surface area contributed by atoms with E-state index in [9.17, 15) is 4.89 Å². The van der Waals surface area contributed by atoms with Gasteiger partial charge in [0.1, 0.15) is 13.2 Å². The zero-order valence-corrected chi connectivity index (χ0v) is 16.9. The van der Waals surface area contributed by atoms with Crippen molar-refractivity contribution in [3.8, 4) is 0 Å². The van der Waals surface area contributed by atoms with E-state index < -0.39 is 7.94 Å². The number of rotatable bonds is 1.